The number of carbonyl (C=O) groups is 2. The molecule has 0 aliphatic carbocycles. The number of ether oxygens (including phenoxy) is 3. The van der Waals surface area contributed by atoms with Crippen molar-refractivity contribution in [2.75, 3.05) is 14.2 Å². The van der Waals surface area contributed by atoms with Gasteiger partial charge < -0.3 is 19.1 Å². The molecule has 2 fully saturated rings. The van der Waals surface area contributed by atoms with Crippen LogP contribution in [-0.4, -0.2) is 58.6 Å². The highest BCUT2D eigenvalue weighted by Gasteiger charge is 2.45. The van der Waals surface area contributed by atoms with Gasteiger partial charge in [-0.2, -0.15) is 4.98 Å². The van der Waals surface area contributed by atoms with Gasteiger partial charge in [0.2, 0.25) is 5.88 Å². The largest absolute Gasteiger partial charge is 0.480 e. The van der Waals surface area contributed by atoms with E-state index in [1.807, 2.05) is 25.7 Å². The Morgan fingerprint density at radius 1 is 1.11 bits per heavy atom. The fourth-order valence-electron chi connectivity index (χ4n) is 4.20. The fourth-order valence-corrected chi connectivity index (χ4v) is 4.20. The number of ketones is 1. The van der Waals surface area contributed by atoms with Crippen molar-refractivity contribution in [3.63, 3.8) is 0 Å². The molecule has 154 valence electrons. The van der Waals surface area contributed by atoms with Crippen LogP contribution < -0.4 is 9.47 Å². The lowest BCUT2D eigenvalue weighted by molar-refractivity contribution is -0.0261. The predicted octanol–water partition coefficient (Wildman–Crippen LogP) is 3.24. The first kappa shape index (κ1) is 20.4. The molecule has 2 saturated heterocycles. The maximum Gasteiger partial charge on any atom is 0.410 e. The monoisotopic (exact) mass is 391 g/mol. The summed E-state index contributed by atoms with van der Waals surface area (Å²) in [5, 5.41) is 0. The number of carbonyl (C=O) groups excluding carboxylic acids is 2. The first-order chi connectivity index (χ1) is 13.2. The van der Waals surface area contributed by atoms with Crippen LogP contribution in [0.15, 0.2) is 6.20 Å². The summed E-state index contributed by atoms with van der Waals surface area (Å²) in [6.45, 7) is 5.60. The number of hydrogen-bond acceptors (Lipinski definition) is 7. The summed E-state index contributed by atoms with van der Waals surface area (Å²) in [5.74, 6) is -0.0169. The number of amides is 1. The molecule has 0 radical (unpaired) electrons. The predicted molar refractivity (Wildman–Crippen MR) is 102 cm³/mol. The highest BCUT2D eigenvalue weighted by molar-refractivity contribution is 5.99. The van der Waals surface area contributed by atoms with Gasteiger partial charge >= 0.3 is 12.1 Å². The third kappa shape index (κ3) is 4.20. The molecule has 1 aromatic heterocycles. The first-order valence-corrected chi connectivity index (χ1v) is 9.74. The molecule has 0 spiro atoms. The molecule has 0 aromatic carbocycles. The van der Waals surface area contributed by atoms with Crippen LogP contribution in [0.5, 0.6) is 11.9 Å². The molecule has 8 heteroatoms. The van der Waals surface area contributed by atoms with Crippen LogP contribution in [0.3, 0.4) is 0 Å². The summed E-state index contributed by atoms with van der Waals surface area (Å²) in [5.41, 5.74) is -0.177. The Morgan fingerprint density at radius 3 is 2.29 bits per heavy atom. The van der Waals surface area contributed by atoms with Gasteiger partial charge in [0.15, 0.2) is 5.78 Å². The summed E-state index contributed by atoms with van der Waals surface area (Å²) < 4.78 is 15.9. The molecule has 28 heavy (non-hydrogen) atoms. The number of rotatable bonds is 4. The highest BCUT2D eigenvalue weighted by Crippen LogP contribution is 2.39. The van der Waals surface area contributed by atoms with Crippen LogP contribution in [0, 0.1) is 5.92 Å². The van der Waals surface area contributed by atoms with Crippen molar-refractivity contribution < 1.29 is 23.8 Å². The van der Waals surface area contributed by atoms with E-state index in [1.165, 1.54) is 20.4 Å². The molecule has 3 rings (SSSR count). The van der Waals surface area contributed by atoms with Crippen molar-refractivity contribution in [1.82, 2.24) is 14.9 Å². The van der Waals surface area contributed by atoms with Crippen molar-refractivity contribution >= 4 is 11.9 Å². The van der Waals surface area contributed by atoms with Gasteiger partial charge in [0.1, 0.15) is 5.60 Å². The summed E-state index contributed by atoms with van der Waals surface area (Å²) in [6.07, 6.45) is 5.24. The first-order valence-electron chi connectivity index (χ1n) is 9.74. The van der Waals surface area contributed by atoms with Crippen molar-refractivity contribution in [2.24, 2.45) is 5.92 Å². The number of aromatic nitrogens is 2. The molecular weight excluding hydrogens is 362 g/mol. The van der Waals surface area contributed by atoms with Crippen molar-refractivity contribution in [1.29, 1.82) is 0 Å². The maximum absolute atomic E-state index is 13.2. The standard InChI is InChI=1S/C20H29N3O5/c1-20(2,3)28-19(25)23-13-7-6-8-14(23)10-12(9-13)16(24)15-11-21-18(27-5)22-17(15)26-4/h11-14H,6-10H2,1-5H3. The van der Waals surface area contributed by atoms with Gasteiger partial charge in [-0.15, -0.1) is 0 Å². The number of nitrogens with zero attached hydrogens (tertiary/aromatic N) is 3. The average molecular weight is 391 g/mol. The minimum Gasteiger partial charge on any atom is -0.480 e. The van der Waals surface area contributed by atoms with Gasteiger partial charge in [0, 0.05) is 24.2 Å². The molecule has 1 amide bonds. The van der Waals surface area contributed by atoms with E-state index in [0.717, 1.165) is 19.3 Å². The molecule has 3 heterocycles. The average Bonchev–Trinajstić information content (AvgIpc) is 2.64. The van der Waals surface area contributed by atoms with Gasteiger partial charge in [-0.3, -0.25) is 4.79 Å². The number of fused-ring (bicyclic) bond motifs is 2. The molecule has 2 aliphatic rings. The lowest BCUT2D eigenvalue weighted by Gasteiger charge is -2.48. The molecule has 2 atom stereocenters. The topological polar surface area (TPSA) is 90.9 Å². The number of hydrogen-bond donors (Lipinski definition) is 0. The minimum absolute atomic E-state index is 0.0152. The van der Waals surface area contributed by atoms with Crippen molar-refractivity contribution in [3.05, 3.63) is 11.8 Å². The zero-order chi connectivity index (χ0) is 20.5. The highest BCUT2D eigenvalue weighted by atomic mass is 16.6. The number of piperidine rings is 2. The van der Waals surface area contributed by atoms with Crippen molar-refractivity contribution in [2.45, 2.75) is 70.6 Å². The Bertz CT molecular complexity index is 732. The molecule has 2 unspecified atom stereocenters. The van der Waals surface area contributed by atoms with E-state index in [9.17, 15) is 9.59 Å². The van der Waals surface area contributed by atoms with Crippen LogP contribution in [0.4, 0.5) is 4.79 Å². The third-order valence-corrected chi connectivity index (χ3v) is 5.32. The number of methoxy groups -OCH3 is 2. The van der Waals surface area contributed by atoms with Gasteiger partial charge in [0.25, 0.3) is 0 Å². The van der Waals surface area contributed by atoms with Crippen LogP contribution in [0.25, 0.3) is 0 Å². The van der Waals surface area contributed by atoms with Gasteiger partial charge in [0.05, 0.1) is 19.8 Å². The SMILES string of the molecule is COc1ncc(C(=O)C2CC3CCCC(C2)N3C(=O)OC(C)(C)C)c(OC)n1. The van der Waals surface area contributed by atoms with Crippen LogP contribution >= 0.6 is 0 Å². The quantitative estimate of drug-likeness (QED) is 0.728. The van der Waals surface area contributed by atoms with Gasteiger partial charge in [-0.25, -0.2) is 9.78 Å². The Kier molecular flexibility index (Phi) is 5.76. The van der Waals surface area contributed by atoms with E-state index in [0.29, 0.717) is 18.4 Å². The molecular formula is C20H29N3O5. The maximum atomic E-state index is 13.2. The van der Waals surface area contributed by atoms with Crippen molar-refractivity contribution in [3.8, 4) is 11.9 Å². The van der Waals surface area contributed by atoms with E-state index in [1.54, 1.807) is 0 Å². The molecule has 8 nitrogen and oxygen atoms in total. The fraction of sp³-hybridized carbons (Fsp3) is 0.700. The van der Waals surface area contributed by atoms with E-state index in [4.69, 9.17) is 14.2 Å². The Labute approximate surface area is 165 Å². The Hall–Kier alpha value is -2.38. The zero-order valence-corrected chi connectivity index (χ0v) is 17.2. The lowest BCUT2D eigenvalue weighted by atomic mass is 9.76. The Balaban J connectivity index is 1.78. The Morgan fingerprint density at radius 2 is 1.75 bits per heavy atom. The second-order valence-electron chi connectivity index (χ2n) is 8.44. The summed E-state index contributed by atoms with van der Waals surface area (Å²) in [4.78, 5) is 35.9. The lowest BCUT2D eigenvalue weighted by Crippen LogP contribution is -2.56. The molecule has 0 saturated carbocycles. The van der Waals surface area contributed by atoms with E-state index >= 15 is 0 Å². The smallest absolute Gasteiger partial charge is 0.410 e. The zero-order valence-electron chi connectivity index (χ0n) is 17.2. The van der Waals surface area contributed by atoms with Crippen LogP contribution in [0.1, 0.15) is 63.2 Å². The second-order valence-corrected chi connectivity index (χ2v) is 8.44. The van der Waals surface area contributed by atoms with E-state index in [2.05, 4.69) is 9.97 Å². The normalized spacial score (nSPS) is 24.5. The van der Waals surface area contributed by atoms with Crippen LogP contribution in [-0.2, 0) is 4.74 Å². The third-order valence-electron chi connectivity index (χ3n) is 5.32. The second kappa shape index (κ2) is 7.93. The molecule has 2 aliphatic heterocycles. The summed E-state index contributed by atoms with van der Waals surface area (Å²) in [7, 11) is 2.93. The number of Topliss-reactive ketones (excluding diaryl/α,β-unsaturated/α-hetero) is 1. The van der Waals surface area contributed by atoms with Crippen LogP contribution in [0.2, 0.25) is 0 Å². The summed E-state index contributed by atoms with van der Waals surface area (Å²) in [6, 6.07) is 0.188. The van der Waals surface area contributed by atoms with Gasteiger partial charge in [-0.05, 0) is 52.9 Å². The van der Waals surface area contributed by atoms with Gasteiger partial charge in [-0.1, -0.05) is 0 Å². The molecule has 0 N–H and O–H groups in total. The van der Waals surface area contributed by atoms with E-state index < -0.39 is 5.60 Å². The molecule has 1 aromatic rings. The minimum atomic E-state index is -0.536. The van der Waals surface area contributed by atoms with E-state index in [-0.39, 0.29) is 41.8 Å². The molecule has 2 bridgehead atoms. The summed E-state index contributed by atoms with van der Waals surface area (Å²) >= 11 is 0.